The molecule has 0 bridgehead atoms. The molecule has 2 unspecified atom stereocenters. The molecule has 2 aliphatic rings. The SMILES string of the molecule is CC1=CC(C)C(=C(C)c2cccc(C(C)=C3C(C)=C(N)C(C)=CC3C)n2)C(C)=C1N. The maximum Gasteiger partial charge on any atom is 0.0669 e. The van der Waals surface area contributed by atoms with E-state index in [2.05, 4.69) is 85.7 Å². The van der Waals surface area contributed by atoms with Crippen LogP contribution < -0.4 is 11.5 Å². The van der Waals surface area contributed by atoms with Crippen molar-refractivity contribution in [2.45, 2.75) is 55.4 Å². The molecule has 0 saturated carbocycles. The number of hydrogen-bond acceptors (Lipinski definition) is 3. The van der Waals surface area contributed by atoms with Gasteiger partial charge in [-0.05, 0) is 98.3 Å². The van der Waals surface area contributed by atoms with Gasteiger partial charge < -0.3 is 11.5 Å². The number of allylic oxidation sites excluding steroid dienone is 10. The van der Waals surface area contributed by atoms with E-state index in [1.807, 2.05) is 0 Å². The van der Waals surface area contributed by atoms with Gasteiger partial charge in [0, 0.05) is 23.2 Å². The van der Waals surface area contributed by atoms with Crippen molar-refractivity contribution >= 4 is 11.1 Å². The number of rotatable bonds is 2. The number of nitrogens with zero attached hydrogens (tertiary/aromatic N) is 1. The molecule has 3 heteroatoms. The normalized spacial score (nSPS) is 25.9. The highest BCUT2D eigenvalue weighted by molar-refractivity contribution is 5.75. The number of hydrogen-bond donors (Lipinski definition) is 2. The number of pyridine rings is 1. The first-order valence-corrected chi connectivity index (χ1v) is 10.7. The van der Waals surface area contributed by atoms with Crippen LogP contribution in [-0.2, 0) is 0 Å². The Morgan fingerprint density at radius 2 is 1.10 bits per heavy atom. The molecule has 1 aromatic rings. The van der Waals surface area contributed by atoms with Gasteiger partial charge in [0.1, 0.15) is 0 Å². The van der Waals surface area contributed by atoms with Crippen LogP contribution in [0.2, 0.25) is 0 Å². The predicted octanol–water partition coefficient (Wildman–Crippen LogP) is 6.29. The molecule has 0 aliphatic heterocycles. The van der Waals surface area contributed by atoms with Crippen LogP contribution in [0.15, 0.2) is 75.2 Å². The van der Waals surface area contributed by atoms with E-state index in [0.29, 0.717) is 11.8 Å². The van der Waals surface area contributed by atoms with Gasteiger partial charge in [0.05, 0.1) is 11.4 Å². The van der Waals surface area contributed by atoms with Gasteiger partial charge in [0.25, 0.3) is 0 Å². The number of nitrogens with two attached hydrogens (primary N) is 2. The summed E-state index contributed by atoms with van der Waals surface area (Å²) in [7, 11) is 0. The van der Waals surface area contributed by atoms with Gasteiger partial charge in [-0.3, -0.25) is 0 Å². The average Bonchev–Trinajstić information content (AvgIpc) is 2.70. The first-order valence-electron chi connectivity index (χ1n) is 10.7. The van der Waals surface area contributed by atoms with Gasteiger partial charge in [-0.2, -0.15) is 0 Å². The fraction of sp³-hybridized carbons (Fsp3) is 0.370. The van der Waals surface area contributed by atoms with Crippen molar-refractivity contribution in [3.05, 3.63) is 86.6 Å². The van der Waals surface area contributed by atoms with Crippen LogP contribution in [0.5, 0.6) is 0 Å². The maximum atomic E-state index is 6.35. The van der Waals surface area contributed by atoms with Crippen molar-refractivity contribution in [2.75, 3.05) is 0 Å². The van der Waals surface area contributed by atoms with E-state index in [4.69, 9.17) is 16.5 Å². The molecule has 2 atom stereocenters. The van der Waals surface area contributed by atoms with Crippen LogP contribution in [0.3, 0.4) is 0 Å². The van der Waals surface area contributed by atoms with E-state index < -0.39 is 0 Å². The largest absolute Gasteiger partial charge is 0.398 e. The number of aromatic nitrogens is 1. The summed E-state index contributed by atoms with van der Waals surface area (Å²) in [6.45, 7) is 17.2. The molecule has 0 radical (unpaired) electrons. The molecule has 0 spiro atoms. The molecule has 0 aromatic carbocycles. The Labute approximate surface area is 181 Å². The quantitative estimate of drug-likeness (QED) is 0.612. The summed E-state index contributed by atoms with van der Waals surface area (Å²) < 4.78 is 0. The maximum absolute atomic E-state index is 6.35. The Balaban J connectivity index is 2.12. The highest BCUT2D eigenvalue weighted by atomic mass is 14.7. The molecule has 0 saturated heterocycles. The molecule has 1 heterocycles. The van der Waals surface area contributed by atoms with Crippen LogP contribution >= 0.6 is 0 Å². The first kappa shape index (κ1) is 21.9. The second-order valence-corrected chi connectivity index (χ2v) is 8.84. The summed E-state index contributed by atoms with van der Waals surface area (Å²) in [6.07, 6.45) is 4.49. The zero-order chi connectivity index (χ0) is 22.3. The Bertz CT molecular complexity index is 1000. The molecule has 2 aliphatic carbocycles. The van der Waals surface area contributed by atoms with Crippen LogP contribution in [0.25, 0.3) is 11.1 Å². The van der Waals surface area contributed by atoms with Crippen LogP contribution in [0.1, 0.15) is 66.8 Å². The minimum Gasteiger partial charge on any atom is -0.398 e. The van der Waals surface area contributed by atoms with E-state index in [1.54, 1.807) is 0 Å². The molecule has 1 aromatic heterocycles. The zero-order valence-corrected chi connectivity index (χ0v) is 19.6. The van der Waals surface area contributed by atoms with E-state index in [1.165, 1.54) is 22.3 Å². The van der Waals surface area contributed by atoms with E-state index >= 15 is 0 Å². The second kappa shape index (κ2) is 8.14. The molecule has 158 valence electrons. The molecular formula is C27H35N3. The lowest BCUT2D eigenvalue weighted by atomic mass is 9.81. The Kier molecular flexibility index (Phi) is 5.94. The van der Waals surface area contributed by atoms with Gasteiger partial charge >= 0.3 is 0 Å². The van der Waals surface area contributed by atoms with Crippen molar-refractivity contribution < 1.29 is 0 Å². The van der Waals surface area contributed by atoms with E-state index in [-0.39, 0.29) is 0 Å². The lowest BCUT2D eigenvalue weighted by molar-refractivity contribution is 0.833. The minimum absolute atomic E-state index is 0.318. The molecule has 3 nitrogen and oxygen atoms in total. The Hall–Kier alpha value is -2.81. The van der Waals surface area contributed by atoms with Gasteiger partial charge in [0.2, 0.25) is 0 Å². The predicted molar refractivity (Wildman–Crippen MR) is 129 cm³/mol. The summed E-state index contributed by atoms with van der Waals surface area (Å²) in [6, 6.07) is 6.28. The molecule has 0 fully saturated rings. The molecule has 4 N–H and O–H groups in total. The highest BCUT2D eigenvalue weighted by Crippen LogP contribution is 2.38. The van der Waals surface area contributed by atoms with Crippen molar-refractivity contribution in [1.82, 2.24) is 4.98 Å². The van der Waals surface area contributed by atoms with Crippen molar-refractivity contribution in [2.24, 2.45) is 23.3 Å². The third kappa shape index (κ3) is 3.69. The standard InChI is InChI=1S/C27H35N3/c1-14-12-16(3)26(28)20(7)24(14)18(5)22-10-9-11-23(30-22)19(6)25-15(2)13-17(4)27(29)21(25)8/h9-15H,28-29H2,1-8H3. The van der Waals surface area contributed by atoms with E-state index in [9.17, 15) is 0 Å². The van der Waals surface area contributed by atoms with Gasteiger partial charge in [-0.25, -0.2) is 4.98 Å². The lowest BCUT2D eigenvalue weighted by Gasteiger charge is -2.26. The van der Waals surface area contributed by atoms with Gasteiger partial charge in [-0.1, -0.05) is 32.1 Å². The molecular weight excluding hydrogens is 366 g/mol. The smallest absolute Gasteiger partial charge is 0.0669 e. The van der Waals surface area contributed by atoms with Crippen molar-refractivity contribution in [1.29, 1.82) is 0 Å². The zero-order valence-electron chi connectivity index (χ0n) is 19.6. The Morgan fingerprint density at radius 1 is 0.733 bits per heavy atom. The third-order valence-corrected chi connectivity index (χ3v) is 6.70. The fourth-order valence-electron chi connectivity index (χ4n) is 5.03. The highest BCUT2D eigenvalue weighted by Gasteiger charge is 2.23. The molecule has 0 amide bonds. The summed E-state index contributed by atoms with van der Waals surface area (Å²) in [5.41, 5.74) is 26.0. The van der Waals surface area contributed by atoms with Crippen LogP contribution in [-0.4, -0.2) is 4.98 Å². The topological polar surface area (TPSA) is 64.9 Å². The van der Waals surface area contributed by atoms with Crippen LogP contribution in [0, 0.1) is 11.8 Å². The summed E-state index contributed by atoms with van der Waals surface area (Å²) in [5, 5.41) is 0. The third-order valence-electron chi connectivity index (χ3n) is 6.70. The summed E-state index contributed by atoms with van der Waals surface area (Å²) >= 11 is 0. The van der Waals surface area contributed by atoms with Gasteiger partial charge in [0.15, 0.2) is 0 Å². The second-order valence-electron chi connectivity index (χ2n) is 8.84. The summed E-state index contributed by atoms with van der Waals surface area (Å²) in [4.78, 5) is 5.06. The van der Waals surface area contributed by atoms with E-state index in [0.717, 1.165) is 45.1 Å². The lowest BCUT2D eigenvalue weighted by Crippen LogP contribution is -2.15. The van der Waals surface area contributed by atoms with Gasteiger partial charge in [-0.15, -0.1) is 0 Å². The minimum atomic E-state index is 0.318. The molecule has 30 heavy (non-hydrogen) atoms. The summed E-state index contributed by atoms with van der Waals surface area (Å²) in [5.74, 6) is 0.636. The fourth-order valence-corrected chi connectivity index (χ4v) is 5.03. The van der Waals surface area contributed by atoms with Crippen molar-refractivity contribution in [3.63, 3.8) is 0 Å². The average molecular weight is 402 g/mol. The molecule has 3 rings (SSSR count). The monoisotopic (exact) mass is 401 g/mol. The Morgan fingerprint density at radius 3 is 1.47 bits per heavy atom. The van der Waals surface area contributed by atoms with Crippen LogP contribution in [0.4, 0.5) is 0 Å². The first-order chi connectivity index (χ1) is 14.0. The van der Waals surface area contributed by atoms with Crippen molar-refractivity contribution in [3.8, 4) is 0 Å².